The average Bonchev–Trinajstić information content (AvgIpc) is 2.86. The maximum absolute atomic E-state index is 11.3. The van der Waals surface area contributed by atoms with Crippen molar-refractivity contribution in [3.05, 3.63) is 35.9 Å². The molecule has 1 aliphatic carbocycles. The van der Waals surface area contributed by atoms with E-state index in [-0.39, 0.29) is 11.8 Å². The molecular formula is C14H14NO3-. The molecule has 4 nitrogen and oxygen atoms in total. The number of benzene rings is 1. The van der Waals surface area contributed by atoms with Gasteiger partial charge in [-0.25, -0.2) is 0 Å². The Morgan fingerprint density at radius 3 is 3.06 bits per heavy atom. The number of carboxylic acid groups (broad SMARTS) is 1. The minimum absolute atomic E-state index is 0.0367. The second-order valence-corrected chi connectivity index (χ2v) is 4.72. The molecule has 0 spiro atoms. The lowest BCUT2D eigenvalue weighted by Crippen LogP contribution is -2.48. The van der Waals surface area contributed by atoms with E-state index in [1.54, 1.807) is 7.11 Å². The molecule has 1 aliphatic heterocycles. The number of hydrogen-bond donors (Lipinski definition) is 1. The van der Waals surface area contributed by atoms with Gasteiger partial charge in [0.05, 0.1) is 24.8 Å². The van der Waals surface area contributed by atoms with Crippen molar-refractivity contribution >= 4 is 11.7 Å². The van der Waals surface area contributed by atoms with Crippen molar-refractivity contribution in [1.29, 1.82) is 0 Å². The smallest absolute Gasteiger partial charge is 0.142 e. The van der Waals surface area contributed by atoms with Gasteiger partial charge in [0.2, 0.25) is 0 Å². The Balaban J connectivity index is 2.11. The summed E-state index contributed by atoms with van der Waals surface area (Å²) in [6.45, 7) is 0. The van der Waals surface area contributed by atoms with Gasteiger partial charge in [-0.15, -0.1) is 0 Å². The van der Waals surface area contributed by atoms with Gasteiger partial charge in [-0.3, -0.25) is 0 Å². The number of nitrogens with one attached hydrogen (secondary N) is 1. The van der Waals surface area contributed by atoms with Crippen molar-refractivity contribution in [3.63, 3.8) is 0 Å². The van der Waals surface area contributed by atoms with Crippen molar-refractivity contribution in [3.8, 4) is 5.75 Å². The highest BCUT2D eigenvalue weighted by molar-refractivity contribution is 5.81. The number of ether oxygens (including phenoxy) is 1. The van der Waals surface area contributed by atoms with Crippen LogP contribution in [0, 0.1) is 5.92 Å². The van der Waals surface area contributed by atoms with Crippen molar-refractivity contribution in [2.24, 2.45) is 5.92 Å². The number of carboxylic acids is 1. The van der Waals surface area contributed by atoms with E-state index < -0.39 is 12.0 Å². The van der Waals surface area contributed by atoms with Crippen molar-refractivity contribution in [1.82, 2.24) is 0 Å². The molecule has 0 fully saturated rings. The van der Waals surface area contributed by atoms with Crippen molar-refractivity contribution in [2.75, 3.05) is 12.4 Å². The molecule has 0 bridgehead atoms. The molecule has 0 saturated carbocycles. The lowest BCUT2D eigenvalue weighted by molar-refractivity contribution is -0.308. The second kappa shape index (κ2) is 4.05. The molecule has 0 aromatic heterocycles. The highest BCUT2D eigenvalue weighted by Gasteiger charge is 2.38. The Morgan fingerprint density at radius 1 is 1.50 bits per heavy atom. The zero-order valence-corrected chi connectivity index (χ0v) is 10.1. The molecule has 4 heteroatoms. The third kappa shape index (κ3) is 1.49. The molecule has 0 radical (unpaired) electrons. The summed E-state index contributed by atoms with van der Waals surface area (Å²) in [6.07, 6.45) is 4.90. The summed E-state index contributed by atoms with van der Waals surface area (Å²) in [5, 5.41) is 14.3. The van der Waals surface area contributed by atoms with Gasteiger partial charge in [0, 0.05) is 5.92 Å². The van der Waals surface area contributed by atoms with Crippen LogP contribution in [-0.2, 0) is 4.79 Å². The van der Waals surface area contributed by atoms with E-state index in [1.165, 1.54) is 0 Å². The molecule has 0 saturated heterocycles. The number of aliphatic carboxylic acids is 1. The summed E-state index contributed by atoms with van der Waals surface area (Å²) in [5.74, 6) is -0.198. The lowest BCUT2D eigenvalue weighted by atomic mass is 9.79. The molecule has 18 heavy (non-hydrogen) atoms. The minimum atomic E-state index is -1.05. The maximum atomic E-state index is 11.3. The van der Waals surface area contributed by atoms with Crippen LogP contribution in [0.4, 0.5) is 5.69 Å². The Kier molecular flexibility index (Phi) is 2.51. The predicted molar refractivity (Wildman–Crippen MR) is 65.4 cm³/mol. The molecule has 3 atom stereocenters. The number of anilines is 1. The van der Waals surface area contributed by atoms with Crippen LogP contribution in [0.25, 0.3) is 0 Å². The van der Waals surface area contributed by atoms with Gasteiger partial charge < -0.3 is 20.0 Å². The van der Waals surface area contributed by atoms with E-state index in [1.807, 2.05) is 24.3 Å². The monoisotopic (exact) mass is 244 g/mol. The first-order valence-electron chi connectivity index (χ1n) is 6.03. The molecular weight excluding hydrogens is 230 g/mol. The number of carbonyl (C=O) groups excluding carboxylic acids is 1. The van der Waals surface area contributed by atoms with Gasteiger partial charge in [0.25, 0.3) is 0 Å². The highest BCUT2D eigenvalue weighted by Crippen LogP contribution is 2.47. The van der Waals surface area contributed by atoms with Crippen LogP contribution < -0.4 is 15.2 Å². The number of fused-ring (bicyclic) bond motifs is 3. The Bertz CT molecular complexity index is 524. The van der Waals surface area contributed by atoms with Gasteiger partial charge in [-0.1, -0.05) is 24.3 Å². The number of para-hydroxylation sites is 1. The fraction of sp³-hybridized carbons (Fsp3) is 0.357. The molecule has 1 aromatic rings. The van der Waals surface area contributed by atoms with Crippen molar-refractivity contribution in [2.45, 2.75) is 18.4 Å². The highest BCUT2D eigenvalue weighted by atomic mass is 16.5. The predicted octanol–water partition coefficient (Wildman–Crippen LogP) is 0.899. The van der Waals surface area contributed by atoms with E-state index in [0.717, 1.165) is 17.7 Å². The van der Waals surface area contributed by atoms with Crippen LogP contribution in [0.1, 0.15) is 17.9 Å². The molecule has 1 aromatic carbocycles. The number of allylic oxidation sites excluding steroid dienone is 2. The number of methoxy groups -OCH3 is 1. The van der Waals surface area contributed by atoms with E-state index >= 15 is 0 Å². The SMILES string of the molecule is COc1cccc2c1N[C@@H](C(=O)[O-])[C@@H]1CC=C[C@H]21. The van der Waals surface area contributed by atoms with Gasteiger partial charge in [0.15, 0.2) is 0 Å². The zero-order chi connectivity index (χ0) is 12.7. The third-order valence-corrected chi connectivity index (χ3v) is 3.83. The summed E-state index contributed by atoms with van der Waals surface area (Å²) in [4.78, 5) is 11.3. The average molecular weight is 244 g/mol. The van der Waals surface area contributed by atoms with Gasteiger partial charge in [-0.05, 0) is 24.0 Å². The minimum Gasteiger partial charge on any atom is -0.548 e. The largest absolute Gasteiger partial charge is 0.548 e. The van der Waals surface area contributed by atoms with Gasteiger partial charge >= 0.3 is 0 Å². The summed E-state index contributed by atoms with van der Waals surface area (Å²) in [5.41, 5.74) is 1.88. The van der Waals surface area contributed by atoms with Gasteiger partial charge in [-0.2, -0.15) is 0 Å². The first-order valence-corrected chi connectivity index (χ1v) is 6.03. The standard InChI is InChI=1S/C14H15NO3/c1-18-11-7-3-6-9-8-4-2-5-10(8)13(14(16)17)15-12(9)11/h2-4,6-8,10,13,15H,5H2,1H3,(H,16,17)/p-1/t8-,10-,13-/m1/s1. The van der Waals surface area contributed by atoms with Crippen LogP contribution >= 0.6 is 0 Å². The molecule has 1 N–H and O–H groups in total. The summed E-state index contributed by atoms with van der Waals surface area (Å²) < 4.78 is 5.29. The van der Waals surface area contributed by atoms with Crippen LogP contribution in [0.15, 0.2) is 30.4 Å². The van der Waals surface area contributed by atoms with Crippen molar-refractivity contribution < 1.29 is 14.6 Å². The van der Waals surface area contributed by atoms with E-state index in [9.17, 15) is 9.90 Å². The maximum Gasteiger partial charge on any atom is 0.142 e. The number of carbonyl (C=O) groups is 1. The first kappa shape index (κ1) is 11.1. The van der Waals surface area contributed by atoms with Crippen LogP contribution in [0.2, 0.25) is 0 Å². The molecule has 2 aliphatic rings. The molecule has 0 amide bonds. The second-order valence-electron chi connectivity index (χ2n) is 4.72. The fourth-order valence-corrected chi connectivity index (χ4v) is 3.00. The number of rotatable bonds is 2. The summed E-state index contributed by atoms with van der Waals surface area (Å²) >= 11 is 0. The van der Waals surface area contributed by atoms with E-state index in [2.05, 4.69) is 11.4 Å². The van der Waals surface area contributed by atoms with E-state index in [4.69, 9.17) is 4.74 Å². The fourth-order valence-electron chi connectivity index (χ4n) is 3.00. The van der Waals surface area contributed by atoms with Crippen LogP contribution in [0.3, 0.4) is 0 Å². The topological polar surface area (TPSA) is 61.4 Å². The Morgan fingerprint density at radius 2 is 2.33 bits per heavy atom. The number of hydrogen-bond acceptors (Lipinski definition) is 4. The zero-order valence-electron chi connectivity index (χ0n) is 10.1. The molecule has 0 unspecified atom stereocenters. The quantitative estimate of drug-likeness (QED) is 0.785. The molecule has 94 valence electrons. The lowest BCUT2D eigenvalue weighted by Gasteiger charge is -2.38. The summed E-state index contributed by atoms with van der Waals surface area (Å²) in [6, 6.07) is 5.12. The molecule has 3 rings (SSSR count). The van der Waals surface area contributed by atoms with Gasteiger partial charge in [0.1, 0.15) is 5.75 Å². The molecule has 1 heterocycles. The first-order chi connectivity index (χ1) is 8.72. The Hall–Kier alpha value is -1.97. The van der Waals surface area contributed by atoms with Crippen LogP contribution in [-0.4, -0.2) is 19.1 Å². The Labute approximate surface area is 105 Å². The van der Waals surface area contributed by atoms with Crippen LogP contribution in [0.5, 0.6) is 5.75 Å². The van der Waals surface area contributed by atoms with E-state index in [0.29, 0.717) is 5.75 Å². The summed E-state index contributed by atoms with van der Waals surface area (Å²) in [7, 11) is 1.59. The normalized spacial score (nSPS) is 28.2. The third-order valence-electron chi connectivity index (χ3n) is 3.83.